The maximum absolute atomic E-state index is 12.6. The standard InChI is InChI=1S/C10H11FN4/c11-8-4-1-7(2-5-8)3-6-9-13-10(12)15-14-9/h1-2,4-5H,3,6H2,(H3,12,13,14,15). The van der Waals surface area contributed by atoms with E-state index in [1.807, 2.05) is 0 Å². The number of rotatable bonds is 3. The van der Waals surface area contributed by atoms with Crippen molar-refractivity contribution in [3.05, 3.63) is 41.5 Å². The first-order valence-electron chi connectivity index (χ1n) is 4.65. The maximum Gasteiger partial charge on any atom is 0.239 e. The number of hydrogen-bond donors (Lipinski definition) is 2. The molecule has 4 nitrogen and oxygen atoms in total. The zero-order valence-electron chi connectivity index (χ0n) is 8.07. The first kappa shape index (κ1) is 9.64. The van der Waals surface area contributed by atoms with E-state index in [9.17, 15) is 4.39 Å². The summed E-state index contributed by atoms with van der Waals surface area (Å²) in [6.07, 6.45) is 1.50. The molecule has 0 aliphatic carbocycles. The van der Waals surface area contributed by atoms with E-state index in [1.54, 1.807) is 12.1 Å². The van der Waals surface area contributed by atoms with Crippen LogP contribution in [-0.4, -0.2) is 15.2 Å². The molecule has 0 bridgehead atoms. The molecule has 0 saturated carbocycles. The number of aromatic amines is 1. The molecular weight excluding hydrogens is 195 g/mol. The van der Waals surface area contributed by atoms with Gasteiger partial charge in [-0.3, -0.25) is 5.10 Å². The predicted octanol–water partition coefficient (Wildman–Crippen LogP) is 1.31. The highest BCUT2D eigenvalue weighted by Gasteiger charge is 2.00. The summed E-state index contributed by atoms with van der Waals surface area (Å²) in [5.41, 5.74) is 6.43. The molecule has 15 heavy (non-hydrogen) atoms. The van der Waals surface area contributed by atoms with Crippen LogP contribution in [0.25, 0.3) is 0 Å². The van der Waals surface area contributed by atoms with Gasteiger partial charge in [-0.05, 0) is 24.1 Å². The smallest absolute Gasteiger partial charge is 0.239 e. The molecule has 0 fully saturated rings. The minimum absolute atomic E-state index is 0.220. The number of H-pyrrole nitrogens is 1. The number of nitrogens with one attached hydrogen (secondary N) is 1. The zero-order chi connectivity index (χ0) is 10.7. The van der Waals surface area contributed by atoms with Crippen molar-refractivity contribution in [2.45, 2.75) is 12.8 Å². The highest BCUT2D eigenvalue weighted by molar-refractivity contribution is 5.18. The molecule has 0 aliphatic heterocycles. The molecule has 0 unspecified atom stereocenters. The maximum atomic E-state index is 12.6. The Kier molecular flexibility index (Phi) is 2.62. The van der Waals surface area contributed by atoms with Crippen molar-refractivity contribution in [1.29, 1.82) is 0 Å². The van der Waals surface area contributed by atoms with Crippen LogP contribution in [0.15, 0.2) is 24.3 Å². The molecule has 1 aromatic heterocycles. The Labute approximate surface area is 86.3 Å². The van der Waals surface area contributed by atoms with Gasteiger partial charge in [-0.25, -0.2) is 4.39 Å². The Balaban J connectivity index is 1.96. The molecule has 3 N–H and O–H groups in total. The highest BCUT2D eigenvalue weighted by Crippen LogP contribution is 2.06. The number of benzene rings is 1. The topological polar surface area (TPSA) is 67.6 Å². The number of hydrogen-bond acceptors (Lipinski definition) is 3. The van der Waals surface area contributed by atoms with E-state index in [4.69, 9.17) is 5.73 Å². The Morgan fingerprint density at radius 2 is 1.93 bits per heavy atom. The molecule has 0 radical (unpaired) electrons. The van der Waals surface area contributed by atoms with Gasteiger partial charge < -0.3 is 5.73 Å². The van der Waals surface area contributed by atoms with Crippen molar-refractivity contribution >= 4 is 5.95 Å². The summed E-state index contributed by atoms with van der Waals surface area (Å²) in [7, 11) is 0. The van der Waals surface area contributed by atoms with Gasteiger partial charge in [0.1, 0.15) is 11.6 Å². The van der Waals surface area contributed by atoms with Gasteiger partial charge in [0, 0.05) is 6.42 Å². The summed E-state index contributed by atoms with van der Waals surface area (Å²) in [4.78, 5) is 3.98. The molecule has 0 spiro atoms. The van der Waals surface area contributed by atoms with Crippen LogP contribution in [0.3, 0.4) is 0 Å². The van der Waals surface area contributed by atoms with Crippen LogP contribution >= 0.6 is 0 Å². The van der Waals surface area contributed by atoms with E-state index in [0.717, 1.165) is 24.2 Å². The average molecular weight is 206 g/mol. The lowest BCUT2D eigenvalue weighted by atomic mass is 10.1. The third-order valence-electron chi connectivity index (χ3n) is 2.11. The average Bonchev–Trinajstić information content (AvgIpc) is 2.64. The predicted molar refractivity (Wildman–Crippen MR) is 54.6 cm³/mol. The monoisotopic (exact) mass is 206 g/mol. The molecule has 0 saturated heterocycles. The molecule has 0 aliphatic rings. The second-order valence-corrected chi connectivity index (χ2v) is 3.27. The molecule has 1 aromatic carbocycles. The normalized spacial score (nSPS) is 10.5. The number of nitrogens with two attached hydrogens (primary N) is 1. The Hall–Kier alpha value is -1.91. The fraction of sp³-hybridized carbons (Fsp3) is 0.200. The highest BCUT2D eigenvalue weighted by atomic mass is 19.1. The van der Waals surface area contributed by atoms with Crippen LogP contribution < -0.4 is 5.73 Å². The van der Waals surface area contributed by atoms with Crippen LogP contribution in [0.2, 0.25) is 0 Å². The van der Waals surface area contributed by atoms with Gasteiger partial charge >= 0.3 is 0 Å². The Bertz CT molecular complexity index is 435. The lowest BCUT2D eigenvalue weighted by Gasteiger charge is -1.98. The molecule has 2 aromatic rings. The summed E-state index contributed by atoms with van der Waals surface area (Å²) >= 11 is 0. The van der Waals surface area contributed by atoms with Crippen LogP contribution in [0.1, 0.15) is 11.4 Å². The van der Waals surface area contributed by atoms with Crippen molar-refractivity contribution in [2.24, 2.45) is 0 Å². The number of nitrogen functional groups attached to an aromatic ring is 1. The quantitative estimate of drug-likeness (QED) is 0.795. The van der Waals surface area contributed by atoms with E-state index in [-0.39, 0.29) is 11.8 Å². The number of halogens is 1. The molecule has 78 valence electrons. The number of nitrogens with zero attached hydrogens (tertiary/aromatic N) is 2. The fourth-order valence-corrected chi connectivity index (χ4v) is 1.34. The number of anilines is 1. The van der Waals surface area contributed by atoms with Crippen LogP contribution in [0.5, 0.6) is 0 Å². The van der Waals surface area contributed by atoms with Gasteiger partial charge in [-0.2, -0.15) is 4.98 Å². The summed E-state index contributed by atoms with van der Waals surface area (Å²) in [6, 6.07) is 6.41. The lowest BCUT2D eigenvalue weighted by Crippen LogP contribution is -1.94. The molecule has 2 rings (SSSR count). The van der Waals surface area contributed by atoms with E-state index in [0.29, 0.717) is 0 Å². The van der Waals surface area contributed by atoms with Gasteiger partial charge in [0.25, 0.3) is 0 Å². The van der Waals surface area contributed by atoms with Gasteiger partial charge in [0.15, 0.2) is 0 Å². The van der Waals surface area contributed by atoms with Crippen molar-refractivity contribution < 1.29 is 4.39 Å². The zero-order valence-corrected chi connectivity index (χ0v) is 8.07. The minimum atomic E-state index is -0.220. The fourth-order valence-electron chi connectivity index (χ4n) is 1.34. The number of aromatic nitrogens is 3. The molecule has 0 amide bonds. The van der Waals surface area contributed by atoms with E-state index < -0.39 is 0 Å². The van der Waals surface area contributed by atoms with Crippen molar-refractivity contribution in [1.82, 2.24) is 15.2 Å². The largest absolute Gasteiger partial charge is 0.367 e. The summed E-state index contributed by atoms with van der Waals surface area (Å²) < 4.78 is 12.6. The van der Waals surface area contributed by atoms with E-state index in [2.05, 4.69) is 15.2 Å². The summed E-state index contributed by atoms with van der Waals surface area (Å²) in [5.74, 6) is 0.781. The van der Waals surface area contributed by atoms with Crippen molar-refractivity contribution in [2.75, 3.05) is 5.73 Å². The first-order valence-corrected chi connectivity index (χ1v) is 4.65. The van der Waals surface area contributed by atoms with Crippen molar-refractivity contribution in [3.63, 3.8) is 0 Å². The first-order chi connectivity index (χ1) is 7.24. The SMILES string of the molecule is Nc1n[nH]c(CCc2ccc(F)cc2)n1. The van der Waals surface area contributed by atoms with Gasteiger partial charge in [-0.15, -0.1) is 5.10 Å². The molecule has 5 heteroatoms. The van der Waals surface area contributed by atoms with Gasteiger partial charge in [-0.1, -0.05) is 12.1 Å². The van der Waals surface area contributed by atoms with Crippen LogP contribution in [-0.2, 0) is 12.8 Å². The third kappa shape index (κ3) is 2.52. The molecule has 1 heterocycles. The second-order valence-electron chi connectivity index (χ2n) is 3.27. The van der Waals surface area contributed by atoms with Crippen molar-refractivity contribution in [3.8, 4) is 0 Å². The lowest BCUT2D eigenvalue weighted by molar-refractivity contribution is 0.627. The molecular formula is C10H11FN4. The van der Waals surface area contributed by atoms with E-state index in [1.165, 1.54) is 12.1 Å². The number of aryl methyl sites for hydroxylation is 2. The minimum Gasteiger partial charge on any atom is -0.367 e. The Morgan fingerprint density at radius 1 is 1.20 bits per heavy atom. The Morgan fingerprint density at radius 3 is 2.53 bits per heavy atom. The summed E-state index contributed by atoms with van der Waals surface area (Å²) in [6.45, 7) is 0. The molecule has 0 atom stereocenters. The third-order valence-corrected chi connectivity index (χ3v) is 2.11. The van der Waals surface area contributed by atoms with E-state index >= 15 is 0 Å². The van der Waals surface area contributed by atoms with Gasteiger partial charge in [0.2, 0.25) is 5.95 Å². The van der Waals surface area contributed by atoms with Crippen LogP contribution in [0, 0.1) is 5.82 Å². The summed E-state index contributed by atoms with van der Waals surface area (Å²) in [5, 5.41) is 6.45. The van der Waals surface area contributed by atoms with Crippen LogP contribution in [0.4, 0.5) is 10.3 Å². The second kappa shape index (κ2) is 4.08. The van der Waals surface area contributed by atoms with Gasteiger partial charge in [0.05, 0.1) is 0 Å².